The lowest BCUT2D eigenvalue weighted by atomic mass is 9.81. The van der Waals surface area contributed by atoms with Gasteiger partial charge in [0.15, 0.2) is 0 Å². The lowest BCUT2D eigenvalue weighted by Gasteiger charge is -2.32. The van der Waals surface area contributed by atoms with Crippen molar-refractivity contribution in [1.29, 1.82) is 0 Å². The topological polar surface area (TPSA) is 3.24 Å². The molecule has 6 aromatic rings. The van der Waals surface area contributed by atoms with E-state index in [2.05, 4.69) is 164 Å². The summed E-state index contributed by atoms with van der Waals surface area (Å²) in [6.45, 7) is 4.77. The van der Waals surface area contributed by atoms with Gasteiger partial charge in [0.2, 0.25) is 0 Å². The normalized spacial score (nSPS) is 16.9. The standard InChI is InChI=1S/C43H33NS/c1-43(2)36-20-10-8-18-35(36)40-37(43)27-30-15-6-7-16-32(30)41(40)44(31-25-23-29(24-26-31)28-13-4-3-5-14-28)38-21-12-19-34-33-17-9-11-22-39(33)45-42(34)38/h3-16,18-27,33H,17H2,1-2H3. The first-order valence-electron chi connectivity index (χ1n) is 15.9. The molecule has 1 atom stereocenters. The molecule has 2 heteroatoms. The Kier molecular flexibility index (Phi) is 5.98. The summed E-state index contributed by atoms with van der Waals surface area (Å²) in [5.41, 5.74) is 13.0. The van der Waals surface area contributed by atoms with E-state index in [-0.39, 0.29) is 5.41 Å². The molecule has 0 bridgehead atoms. The highest BCUT2D eigenvalue weighted by molar-refractivity contribution is 8.03. The van der Waals surface area contributed by atoms with Crippen LogP contribution in [-0.4, -0.2) is 0 Å². The van der Waals surface area contributed by atoms with Gasteiger partial charge in [0.05, 0.1) is 11.4 Å². The van der Waals surface area contributed by atoms with Gasteiger partial charge < -0.3 is 4.90 Å². The Morgan fingerprint density at radius 1 is 0.711 bits per heavy atom. The van der Waals surface area contributed by atoms with Crippen molar-refractivity contribution in [2.24, 2.45) is 0 Å². The Morgan fingerprint density at radius 3 is 2.33 bits per heavy atom. The van der Waals surface area contributed by atoms with Crippen LogP contribution >= 0.6 is 11.8 Å². The molecule has 45 heavy (non-hydrogen) atoms. The first-order chi connectivity index (χ1) is 22.1. The second-order valence-corrected chi connectivity index (χ2v) is 14.0. The van der Waals surface area contributed by atoms with E-state index in [1.165, 1.54) is 76.6 Å². The molecule has 2 aliphatic carbocycles. The molecule has 0 saturated heterocycles. The molecular formula is C43H33NS. The molecule has 1 aliphatic heterocycles. The maximum absolute atomic E-state index is 2.57. The number of rotatable bonds is 4. The van der Waals surface area contributed by atoms with Crippen molar-refractivity contribution < 1.29 is 0 Å². The van der Waals surface area contributed by atoms with E-state index in [9.17, 15) is 0 Å². The van der Waals surface area contributed by atoms with Crippen LogP contribution in [0.1, 0.15) is 42.9 Å². The summed E-state index contributed by atoms with van der Waals surface area (Å²) in [7, 11) is 0. The number of hydrogen-bond donors (Lipinski definition) is 0. The number of allylic oxidation sites excluding steroid dienone is 4. The Hall–Kier alpha value is -4.79. The minimum absolute atomic E-state index is 0.105. The summed E-state index contributed by atoms with van der Waals surface area (Å²) < 4.78 is 0. The van der Waals surface area contributed by atoms with Gasteiger partial charge in [0, 0.05) is 32.9 Å². The highest BCUT2D eigenvalue weighted by atomic mass is 32.2. The summed E-state index contributed by atoms with van der Waals surface area (Å²) in [6.07, 6.45) is 7.91. The molecule has 9 rings (SSSR count). The highest BCUT2D eigenvalue weighted by Gasteiger charge is 2.40. The van der Waals surface area contributed by atoms with Crippen LogP contribution in [0.5, 0.6) is 0 Å². The predicted octanol–water partition coefficient (Wildman–Crippen LogP) is 12.3. The second kappa shape index (κ2) is 10.1. The molecule has 3 aliphatic rings. The number of anilines is 3. The minimum Gasteiger partial charge on any atom is -0.308 e. The summed E-state index contributed by atoms with van der Waals surface area (Å²) in [4.78, 5) is 5.40. The van der Waals surface area contributed by atoms with Crippen LogP contribution in [-0.2, 0) is 5.41 Å². The Balaban J connectivity index is 1.36. The van der Waals surface area contributed by atoms with Gasteiger partial charge in [0.25, 0.3) is 0 Å². The SMILES string of the molecule is CC1(C)c2ccccc2-c2c1cc1ccccc1c2N(c1ccc(-c2ccccc2)cc1)c1cccc2c1SC1=CC=CCC12. The van der Waals surface area contributed by atoms with Crippen molar-refractivity contribution in [2.75, 3.05) is 4.90 Å². The molecular weight excluding hydrogens is 563 g/mol. The lowest BCUT2D eigenvalue weighted by Crippen LogP contribution is -2.17. The zero-order valence-corrected chi connectivity index (χ0v) is 26.3. The van der Waals surface area contributed by atoms with Gasteiger partial charge in [-0.05, 0) is 74.4 Å². The van der Waals surface area contributed by atoms with E-state index < -0.39 is 0 Å². The van der Waals surface area contributed by atoms with Crippen LogP contribution < -0.4 is 4.90 Å². The molecule has 1 heterocycles. The average molecular weight is 596 g/mol. The molecule has 0 saturated carbocycles. The summed E-state index contributed by atoms with van der Waals surface area (Å²) in [6, 6.07) is 47.3. The summed E-state index contributed by atoms with van der Waals surface area (Å²) in [5, 5.41) is 2.55. The van der Waals surface area contributed by atoms with Crippen LogP contribution in [0.4, 0.5) is 17.1 Å². The summed E-state index contributed by atoms with van der Waals surface area (Å²) in [5.74, 6) is 0.440. The van der Waals surface area contributed by atoms with Crippen molar-refractivity contribution in [3.05, 3.63) is 167 Å². The van der Waals surface area contributed by atoms with Crippen LogP contribution in [0.15, 0.2) is 155 Å². The fourth-order valence-corrected chi connectivity index (χ4v) is 9.10. The third-order valence-corrected chi connectivity index (χ3v) is 11.3. The third-order valence-electron chi connectivity index (χ3n) is 9.99. The number of hydrogen-bond acceptors (Lipinski definition) is 2. The maximum Gasteiger partial charge on any atom is 0.0622 e. The minimum atomic E-state index is -0.105. The zero-order valence-electron chi connectivity index (χ0n) is 25.5. The van der Waals surface area contributed by atoms with Gasteiger partial charge in [-0.25, -0.2) is 0 Å². The van der Waals surface area contributed by atoms with E-state index in [1.807, 2.05) is 11.8 Å². The van der Waals surface area contributed by atoms with Gasteiger partial charge in [0.1, 0.15) is 0 Å². The first kappa shape index (κ1) is 26.6. The molecule has 1 unspecified atom stereocenters. The summed E-state index contributed by atoms with van der Waals surface area (Å²) >= 11 is 1.96. The van der Waals surface area contributed by atoms with Crippen LogP contribution in [0.3, 0.4) is 0 Å². The number of fused-ring (bicyclic) bond motifs is 7. The van der Waals surface area contributed by atoms with E-state index in [0.717, 1.165) is 6.42 Å². The van der Waals surface area contributed by atoms with Crippen molar-refractivity contribution in [2.45, 2.75) is 36.5 Å². The van der Waals surface area contributed by atoms with E-state index in [1.54, 1.807) is 0 Å². The zero-order chi connectivity index (χ0) is 30.1. The van der Waals surface area contributed by atoms with Crippen molar-refractivity contribution in [3.63, 3.8) is 0 Å². The molecule has 1 nitrogen and oxygen atoms in total. The molecule has 216 valence electrons. The fourth-order valence-electron chi connectivity index (χ4n) is 7.76. The second-order valence-electron chi connectivity index (χ2n) is 12.9. The molecule has 0 N–H and O–H groups in total. The molecule has 6 aromatic carbocycles. The van der Waals surface area contributed by atoms with Gasteiger partial charge >= 0.3 is 0 Å². The van der Waals surface area contributed by atoms with Gasteiger partial charge in [-0.2, -0.15) is 0 Å². The molecule has 0 radical (unpaired) electrons. The van der Waals surface area contributed by atoms with E-state index >= 15 is 0 Å². The molecule has 0 fully saturated rings. The van der Waals surface area contributed by atoms with Gasteiger partial charge in [-0.15, -0.1) is 0 Å². The number of benzene rings is 6. The lowest BCUT2D eigenvalue weighted by molar-refractivity contribution is 0.661. The van der Waals surface area contributed by atoms with Crippen LogP contribution in [0.25, 0.3) is 33.0 Å². The number of nitrogens with zero attached hydrogens (tertiary/aromatic N) is 1. The molecule has 0 aromatic heterocycles. The van der Waals surface area contributed by atoms with Crippen molar-refractivity contribution in [3.8, 4) is 22.3 Å². The Morgan fingerprint density at radius 2 is 1.47 bits per heavy atom. The van der Waals surface area contributed by atoms with E-state index in [4.69, 9.17) is 0 Å². The predicted molar refractivity (Wildman–Crippen MR) is 192 cm³/mol. The Bertz CT molecular complexity index is 2190. The van der Waals surface area contributed by atoms with Crippen LogP contribution in [0, 0.1) is 0 Å². The van der Waals surface area contributed by atoms with Crippen molar-refractivity contribution in [1.82, 2.24) is 0 Å². The van der Waals surface area contributed by atoms with E-state index in [0.29, 0.717) is 5.92 Å². The highest BCUT2D eigenvalue weighted by Crippen LogP contribution is 2.60. The monoisotopic (exact) mass is 595 g/mol. The van der Waals surface area contributed by atoms with Crippen LogP contribution in [0.2, 0.25) is 0 Å². The largest absolute Gasteiger partial charge is 0.308 e. The van der Waals surface area contributed by atoms with Crippen molar-refractivity contribution >= 4 is 39.6 Å². The number of thioether (sulfide) groups is 1. The smallest absolute Gasteiger partial charge is 0.0622 e. The maximum atomic E-state index is 2.57. The third kappa shape index (κ3) is 4.02. The first-order valence-corrected chi connectivity index (χ1v) is 16.7. The van der Waals surface area contributed by atoms with Gasteiger partial charge in [-0.1, -0.05) is 147 Å². The quantitative estimate of drug-likeness (QED) is 0.199. The average Bonchev–Trinajstić information content (AvgIpc) is 3.58. The molecule has 0 amide bonds. The van der Waals surface area contributed by atoms with Gasteiger partial charge in [-0.3, -0.25) is 0 Å². The Labute approximate surface area is 269 Å². The molecule has 0 spiro atoms. The fraction of sp³-hybridized carbons (Fsp3) is 0.116.